The highest BCUT2D eigenvalue weighted by atomic mass is 32.2. The van der Waals surface area contributed by atoms with Gasteiger partial charge in [-0.2, -0.15) is 0 Å². The van der Waals surface area contributed by atoms with Gasteiger partial charge in [0.25, 0.3) is 0 Å². The third-order valence-electron chi connectivity index (χ3n) is 4.60. The van der Waals surface area contributed by atoms with E-state index in [2.05, 4.69) is 6.58 Å². The normalized spacial score (nSPS) is 22.0. The highest BCUT2D eigenvalue weighted by molar-refractivity contribution is 8.00. The molecule has 0 aliphatic carbocycles. The minimum atomic E-state index is -0.819. The first-order valence-corrected chi connectivity index (χ1v) is 11.0. The molecule has 8 heteroatoms. The zero-order chi connectivity index (χ0) is 22.9. The molecule has 4 atom stereocenters. The Bertz CT molecular complexity index is 932. The number of carbonyl (C=O) groups is 3. The molecule has 3 rings (SSSR count). The zero-order valence-corrected chi connectivity index (χ0v) is 18.4. The number of ether oxygens (including phenoxy) is 4. The quantitative estimate of drug-likeness (QED) is 0.321. The number of carbonyl (C=O) groups excluding carboxylic acids is 3. The summed E-state index contributed by atoms with van der Waals surface area (Å²) >= 11 is 1.22. The Kier molecular flexibility index (Phi) is 8.47. The molecule has 32 heavy (non-hydrogen) atoms. The monoisotopic (exact) mass is 456 g/mol. The molecule has 0 aromatic heterocycles. The minimum absolute atomic E-state index is 0.0587. The van der Waals surface area contributed by atoms with E-state index in [1.54, 1.807) is 66.7 Å². The molecule has 1 aliphatic rings. The van der Waals surface area contributed by atoms with Gasteiger partial charge in [0.1, 0.15) is 18.8 Å². The SMILES string of the molecule is C=CCOC1C(OC(C)=O)S[C@H](COC(=O)c2ccccc2)[C@@H]1OC(=O)c1ccccc1. The lowest BCUT2D eigenvalue weighted by atomic mass is 10.1. The fourth-order valence-electron chi connectivity index (χ4n) is 3.16. The molecule has 1 saturated heterocycles. The highest BCUT2D eigenvalue weighted by Crippen LogP contribution is 2.39. The molecule has 2 aromatic carbocycles. The molecule has 2 aromatic rings. The summed E-state index contributed by atoms with van der Waals surface area (Å²) in [5.41, 5.74) is 0.0432. The van der Waals surface area contributed by atoms with E-state index >= 15 is 0 Å². The van der Waals surface area contributed by atoms with Gasteiger partial charge in [-0.25, -0.2) is 9.59 Å². The lowest BCUT2D eigenvalue weighted by Crippen LogP contribution is -2.41. The topological polar surface area (TPSA) is 88.1 Å². The maximum Gasteiger partial charge on any atom is 0.338 e. The second-order valence-electron chi connectivity index (χ2n) is 6.94. The van der Waals surface area contributed by atoms with E-state index in [-0.39, 0.29) is 13.2 Å². The van der Waals surface area contributed by atoms with Gasteiger partial charge < -0.3 is 18.9 Å². The van der Waals surface area contributed by atoms with Gasteiger partial charge in [-0.1, -0.05) is 42.5 Å². The highest BCUT2D eigenvalue weighted by Gasteiger charge is 2.50. The fraction of sp³-hybridized carbons (Fsp3) is 0.292. The number of thioether (sulfide) groups is 1. The second-order valence-corrected chi connectivity index (χ2v) is 8.28. The first kappa shape index (κ1) is 23.6. The summed E-state index contributed by atoms with van der Waals surface area (Å²) in [6, 6.07) is 17.1. The molecule has 168 valence electrons. The van der Waals surface area contributed by atoms with Gasteiger partial charge in [0.2, 0.25) is 0 Å². The predicted molar refractivity (Wildman–Crippen MR) is 119 cm³/mol. The first-order chi connectivity index (χ1) is 15.5. The standard InChI is InChI=1S/C24H24O7S/c1-3-14-28-21-20(31-23(27)18-12-8-5-9-13-18)19(32-24(21)30-16(2)25)15-29-22(26)17-10-6-4-7-11-17/h3-13,19-21,24H,1,14-15H2,2H3/t19-,20+,21?,24?/m1/s1. The number of benzene rings is 2. The summed E-state index contributed by atoms with van der Waals surface area (Å²) in [5, 5.41) is -0.505. The van der Waals surface area contributed by atoms with Crippen LogP contribution in [0.15, 0.2) is 73.3 Å². The molecule has 1 heterocycles. The van der Waals surface area contributed by atoms with Gasteiger partial charge in [0, 0.05) is 6.92 Å². The zero-order valence-electron chi connectivity index (χ0n) is 17.5. The molecule has 1 aliphatic heterocycles. The van der Waals surface area contributed by atoms with Crippen molar-refractivity contribution in [2.24, 2.45) is 0 Å². The van der Waals surface area contributed by atoms with Crippen LogP contribution in [-0.2, 0) is 23.7 Å². The third kappa shape index (κ3) is 6.21. The number of esters is 3. The van der Waals surface area contributed by atoms with E-state index in [9.17, 15) is 14.4 Å². The van der Waals surface area contributed by atoms with Crippen LogP contribution in [0.2, 0.25) is 0 Å². The van der Waals surface area contributed by atoms with Crippen molar-refractivity contribution < 1.29 is 33.3 Å². The van der Waals surface area contributed by atoms with Crippen LogP contribution in [0.1, 0.15) is 27.6 Å². The minimum Gasteiger partial charge on any atom is -0.461 e. The van der Waals surface area contributed by atoms with Crippen molar-refractivity contribution in [2.75, 3.05) is 13.2 Å². The van der Waals surface area contributed by atoms with E-state index in [1.165, 1.54) is 18.7 Å². The molecular weight excluding hydrogens is 432 g/mol. The van der Waals surface area contributed by atoms with Crippen LogP contribution in [0.4, 0.5) is 0 Å². The van der Waals surface area contributed by atoms with Crippen LogP contribution in [0, 0.1) is 0 Å². The Hall–Kier alpha value is -3.10. The van der Waals surface area contributed by atoms with Crippen LogP contribution >= 0.6 is 11.8 Å². The van der Waals surface area contributed by atoms with E-state index in [0.29, 0.717) is 11.1 Å². The van der Waals surface area contributed by atoms with Gasteiger partial charge in [0.15, 0.2) is 5.44 Å². The average Bonchev–Trinajstić information content (AvgIpc) is 3.12. The largest absolute Gasteiger partial charge is 0.461 e. The van der Waals surface area contributed by atoms with Crippen molar-refractivity contribution in [3.63, 3.8) is 0 Å². The Morgan fingerprint density at radius 2 is 1.50 bits per heavy atom. The predicted octanol–water partition coefficient (Wildman–Crippen LogP) is 3.64. The van der Waals surface area contributed by atoms with Crippen molar-refractivity contribution >= 4 is 29.7 Å². The number of hydrogen-bond donors (Lipinski definition) is 0. The number of hydrogen-bond acceptors (Lipinski definition) is 8. The lowest BCUT2D eigenvalue weighted by Gasteiger charge is -2.25. The molecule has 0 N–H and O–H groups in total. The van der Waals surface area contributed by atoms with E-state index < -0.39 is 40.8 Å². The van der Waals surface area contributed by atoms with Gasteiger partial charge in [0.05, 0.1) is 23.0 Å². The molecule has 0 saturated carbocycles. The van der Waals surface area contributed by atoms with E-state index in [4.69, 9.17) is 18.9 Å². The van der Waals surface area contributed by atoms with Crippen molar-refractivity contribution in [3.05, 3.63) is 84.4 Å². The van der Waals surface area contributed by atoms with Crippen LogP contribution in [-0.4, -0.2) is 54.0 Å². The molecule has 2 unspecified atom stereocenters. The van der Waals surface area contributed by atoms with Gasteiger partial charge in [-0.3, -0.25) is 4.79 Å². The first-order valence-electron chi connectivity index (χ1n) is 10.0. The third-order valence-corrected chi connectivity index (χ3v) is 5.98. The molecule has 0 amide bonds. The Labute approximate surface area is 190 Å². The molecule has 0 spiro atoms. The maximum absolute atomic E-state index is 12.7. The molecule has 0 bridgehead atoms. The van der Waals surface area contributed by atoms with Crippen molar-refractivity contribution in [1.29, 1.82) is 0 Å². The Morgan fingerprint density at radius 3 is 2.06 bits per heavy atom. The number of rotatable bonds is 9. The Morgan fingerprint density at radius 1 is 0.906 bits per heavy atom. The van der Waals surface area contributed by atoms with Crippen LogP contribution in [0.5, 0.6) is 0 Å². The summed E-state index contributed by atoms with van der Waals surface area (Å²) in [6.07, 6.45) is -0.0236. The van der Waals surface area contributed by atoms with Crippen molar-refractivity contribution in [3.8, 4) is 0 Å². The fourth-order valence-corrected chi connectivity index (χ4v) is 4.60. The van der Waals surface area contributed by atoms with Crippen LogP contribution < -0.4 is 0 Å². The van der Waals surface area contributed by atoms with Crippen LogP contribution in [0.25, 0.3) is 0 Å². The van der Waals surface area contributed by atoms with Gasteiger partial charge in [-0.15, -0.1) is 18.3 Å². The molecule has 0 radical (unpaired) electrons. The van der Waals surface area contributed by atoms with Gasteiger partial charge in [-0.05, 0) is 24.3 Å². The summed E-state index contributed by atoms with van der Waals surface area (Å²) in [5.74, 6) is -1.55. The summed E-state index contributed by atoms with van der Waals surface area (Å²) < 4.78 is 22.4. The van der Waals surface area contributed by atoms with E-state index in [0.717, 1.165) is 0 Å². The summed E-state index contributed by atoms with van der Waals surface area (Å²) in [6.45, 7) is 5.03. The lowest BCUT2D eigenvalue weighted by molar-refractivity contribution is -0.150. The average molecular weight is 457 g/mol. The molecule has 7 nitrogen and oxygen atoms in total. The second kappa shape index (κ2) is 11.5. The van der Waals surface area contributed by atoms with Crippen LogP contribution in [0.3, 0.4) is 0 Å². The maximum atomic E-state index is 12.7. The molecular formula is C24H24O7S. The van der Waals surface area contributed by atoms with E-state index in [1.807, 2.05) is 0 Å². The smallest absolute Gasteiger partial charge is 0.338 e. The van der Waals surface area contributed by atoms with Crippen molar-refractivity contribution in [1.82, 2.24) is 0 Å². The van der Waals surface area contributed by atoms with Gasteiger partial charge >= 0.3 is 17.9 Å². The summed E-state index contributed by atoms with van der Waals surface area (Å²) in [7, 11) is 0. The summed E-state index contributed by atoms with van der Waals surface area (Å²) in [4.78, 5) is 36.7. The molecule has 1 fully saturated rings. The van der Waals surface area contributed by atoms with Crippen molar-refractivity contribution in [2.45, 2.75) is 29.8 Å². The Balaban J connectivity index is 1.78.